The minimum atomic E-state index is -4.42. The van der Waals surface area contributed by atoms with Crippen LogP contribution in [-0.4, -0.2) is 42.0 Å². The van der Waals surface area contributed by atoms with Crippen molar-refractivity contribution in [3.63, 3.8) is 0 Å². The lowest BCUT2D eigenvalue weighted by Crippen LogP contribution is -2.35. The Morgan fingerprint density at radius 1 is 1.18 bits per heavy atom. The van der Waals surface area contributed by atoms with Gasteiger partial charge in [0.25, 0.3) is 0 Å². The Morgan fingerprint density at radius 2 is 1.91 bits per heavy atom. The number of anilines is 1. The number of nitrogens with zero attached hydrogens (tertiary/aromatic N) is 3. The molecule has 0 spiro atoms. The molecule has 1 unspecified atom stereocenters. The molecule has 22 heavy (non-hydrogen) atoms. The average molecular weight is 313 g/mol. The van der Waals surface area contributed by atoms with E-state index in [1.165, 1.54) is 12.3 Å². The van der Waals surface area contributed by atoms with E-state index in [2.05, 4.69) is 4.98 Å². The number of alkyl halides is 3. The van der Waals surface area contributed by atoms with Crippen molar-refractivity contribution in [1.82, 2.24) is 9.88 Å². The highest BCUT2D eigenvalue weighted by molar-refractivity contribution is 5.80. The Hall–Kier alpha value is -1.79. The maximum absolute atomic E-state index is 12.5. The van der Waals surface area contributed by atoms with E-state index in [1.807, 2.05) is 9.80 Å². The molecule has 2 aliphatic heterocycles. The Morgan fingerprint density at radius 3 is 2.50 bits per heavy atom. The molecule has 120 valence electrons. The molecule has 0 N–H and O–H groups in total. The number of hydrogen-bond donors (Lipinski definition) is 0. The van der Waals surface area contributed by atoms with Crippen molar-refractivity contribution >= 4 is 11.6 Å². The zero-order valence-corrected chi connectivity index (χ0v) is 12.1. The lowest BCUT2D eigenvalue weighted by molar-refractivity contribution is -0.141. The highest BCUT2D eigenvalue weighted by Gasteiger charge is 2.34. The fourth-order valence-corrected chi connectivity index (χ4v) is 3.13. The van der Waals surface area contributed by atoms with Gasteiger partial charge < -0.3 is 9.80 Å². The number of halogens is 3. The number of hydrogen-bond acceptors (Lipinski definition) is 3. The van der Waals surface area contributed by atoms with Crippen molar-refractivity contribution in [1.29, 1.82) is 0 Å². The summed E-state index contributed by atoms with van der Waals surface area (Å²) in [5.41, 5.74) is -0.245. The number of likely N-dealkylation sites (tertiary alicyclic amines) is 1. The monoisotopic (exact) mass is 313 g/mol. The number of pyridine rings is 1. The van der Waals surface area contributed by atoms with Gasteiger partial charge in [0.05, 0.1) is 17.8 Å². The highest BCUT2D eigenvalue weighted by Crippen LogP contribution is 2.30. The minimum absolute atomic E-state index is 0.0552. The molecule has 1 atom stereocenters. The Kier molecular flexibility index (Phi) is 3.97. The number of carbonyl (C=O) groups excluding carboxylic acids is 1. The first kappa shape index (κ1) is 15.1. The van der Waals surface area contributed by atoms with Gasteiger partial charge in [-0.3, -0.25) is 4.79 Å². The lowest BCUT2D eigenvalue weighted by atomic mass is 10.1. The molecule has 4 nitrogen and oxygen atoms in total. The largest absolute Gasteiger partial charge is 0.433 e. The van der Waals surface area contributed by atoms with Gasteiger partial charge in [-0.1, -0.05) is 0 Å². The van der Waals surface area contributed by atoms with E-state index < -0.39 is 11.9 Å². The molecule has 3 rings (SSSR count). The van der Waals surface area contributed by atoms with Crippen molar-refractivity contribution < 1.29 is 18.0 Å². The van der Waals surface area contributed by atoms with E-state index in [1.54, 1.807) is 0 Å². The maximum Gasteiger partial charge on any atom is 0.433 e. The molecule has 1 aromatic rings. The van der Waals surface area contributed by atoms with Crippen molar-refractivity contribution in [2.45, 2.75) is 25.4 Å². The zero-order chi connectivity index (χ0) is 15.7. The molecule has 2 aliphatic rings. The molecule has 0 aromatic carbocycles. The third-order valence-electron chi connectivity index (χ3n) is 4.36. The standard InChI is InChI=1S/C15H18F3N3O/c16-15(17,18)13-4-3-12(9-19-13)21-8-5-11(10-21)14(22)20-6-1-2-7-20/h3-4,9,11H,1-2,5-8,10H2. The summed E-state index contributed by atoms with van der Waals surface area (Å²) in [4.78, 5) is 19.7. The van der Waals surface area contributed by atoms with Crippen molar-refractivity contribution in [3.05, 3.63) is 24.0 Å². The van der Waals surface area contributed by atoms with E-state index in [0.717, 1.165) is 38.4 Å². The van der Waals surface area contributed by atoms with Crippen LogP contribution >= 0.6 is 0 Å². The summed E-state index contributed by atoms with van der Waals surface area (Å²) in [5.74, 6) is 0.125. The van der Waals surface area contributed by atoms with Gasteiger partial charge in [-0.05, 0) is 31.4 Å². The molecule has 7 heteroatoms. The van der Waals surface area contributed by atoms with Gasteiger partial charge in [0.1, 0.15) is 5.69 Å². The van der Waals surface area contributed by atoms with Crippen LogP contribution in [0.2, 0.25) is 0 Å². The van der Waals surface area contributed by atoms with Crippen LogP contribution in [0.5, 0.6) is 0 Å². The molecule has 0 bridgehead atoms. The van der Waals surface area contributed by atoms with Gasteiger partial charge in [0, 0.05) is 26.2 Å². The van der Waals surface area contributed by atoms with Gasteiger partial charge in [-0.2, -0.15) is 13.2 Å². The average Bonchev–Trinajstić information content (AvgIpc) is 3.17. The molecule has 1 amide bonds. The summed E-state index contributed by atoms with van der Waals surface area (Å²) in [6.07, 6.45) is -0.310. The van der Waals surface area contributed by atoms with Crippen LogP contribution in [0, 0.1) is 5.92 Å². The summed E-state index contributed by atoms with van der Waals surface area (Å²) >= 11 is 0. The smallest absolute Gasteiger partial charge is 0.369 e. The van der Waals surface area contributed by atoms with Gasteiger partial charge >= 0.3 is 6.18 Å². The molecule has 0 aliphatic carbocycles. The topological polar surface area (TPSA) is 36.4 Å². The molecular weight excluding hydrogens is 295 g/mol. The van der Waals surface area contributed by atoms with E-state index in [-0.39, 0.29) is 11.8 Å². The molecule has 2 saturated heterocycles. The summed E-state index contributed by atoms with van der Waals surface area (Å²) in [5, 5.41) is 0. The van der Waals surface area contributed by atoms with Crippen molar-refractivity contribution in [2.75, 3.05) is 31.1 Å². The molecule has 1 aromatic heterocycles. The van der Waals surface area contributed by atoms with Crippen LogP contribution in [0.1, 0.15) is 25.0 Å². The summed E-state index contributed by atoms with van der Waals surface area (Å²) in [6, 6.07) is 2.42. The Balaban J connectivity index is 1.63. The van der Waals surface area contributed by atoms with E-state index >= 15 is 0 Å². The normalized spacial score (nSPS) is 22.4. The SMILES string of the molecule is O=C(C1CCN(c2ccc(C(F)(F)F)nc2)C1)N1CCCC1. The van der Waals surface area contributed by atoms with Gasteiger partial charge in [0.15, 0.2) is 0 Å². The van der Waals surface area contributed by atoms with E-state index in [4.69, 9.17) is 0 Å². The van der Waals surface area contributed by atoms with E-state index in [9.17, 15) is 18.0 Å². The van der Waals surface area contributed by atoms with Crippen LogP contribution in [0.25, 0.3) is 0 Å². The molecular formula is C15H18F3N3O. The number of carbonyl (C=O) groups is 1. The fourth-order valence-electron chi connectivity index (χ4n) is 3.13. The molecule has 2 fully saturated rings. The summed E-state index contributed by atoms with van der Waals surface area (Å²) in [7, 11) is 0. The first-order valence-electron chi connectivity index (χ1n) is 7.52. The lowest BCUT2D eigenvalue weighted by Gasteiger charge is -2.21. The van der Waals surface area contributed by atoms with Gasteiger partial charge in [0.2, 0.25) is 5.91 Å². The summed E-state index contributed by atoms with van der Waals surface area (Å²) in [6.45, 7) is 2.90. The van der Waals surface area contributed by atoms with Crippen LogP contribution in [0.3, 0.4) is 0 Å². The van der Waals surface area contributed by atoms with Crippen molar-refractivity contribution in [3.8, 4) is 0 Å². The second kappa shape index (κ2) is 5.78. The predicted molar refractivity (Wildman–Crippen MR) is 75.4 cm³/mol. The quantitative estimate of drug-likeness (QED) is 0.842. The van der Waals surface area contributed by atoms with E-state index in [0.29, 0.717) is 18.8 Å². The minimum Gasteiger partial charge on any atom is -0.369 e. The summed E-state index contributed by atoms with van der Waals surface area (Å²) < 4.78 is 37.5. The van der Waals surface area contributed by atoms with Gasteiger partial charge in [-0.25, -0.2) is 4.98 Å². The predicted octanol–water partition coefficient (Wildman–Crippen LogP) is 2.55. The molecule has 0 saturated carbocycles. The van der Waals surface area contributed by atoms with Crippen molar-refractivity contribution in [2.24, 2.45) is 5.92 Å². The number of rotatable bonds is 2. The zero-order valence-electron chi connectivity index (χ0n) is 12.1. The van der Waals surface area contributed by atoms with Crippen LogP contribution in [0.15, 0.2) is 18.3 Å². The number of amides is 1. The highest BCUT2D eigenvalue weighted by atomic mass is 19.4. The molecule has 3 heterocycles. The maximum atomic E-state index is 12.5. The van der Waals surface area contributed by atoms with Crippen LogP contribution in [-0.2, 0) is 11.0 Å². The Bertz CT molecular complexity index is 538. The first-order chi connectivity index (χ1) is 10.4. The third-order valence-corrected chi connectivity index (χ3v) is 4.36. The third kappa shape index (κ3) is 3.03. The Labute approximate surface area is 126 Å². The fraction of sp³-hybridized carbons (Fsp3) is 0.600. The van der Waals surface area contributed by atoms with Gasteiger partial charge in [-0.15, -0.1) is 0 Å². The van der Waals surface area contributed by atoms with Crippen LogP contribution in [0.4, 0.5) is 18.9 Å². The molecule has 0 radical (unpaired) electrons. The second-order valence-electron chi connectivity index (χ2n) is 5.86. The van der Waals surface area contributed by atoms with Crippen LogP contribution < -0.4 is 4.90 Å². The first-order valence-corrected chi connectivity index (χ1v) is 7.52. The second-order valence-corrected chi connectivity index (χ2v) is 5.86. The number of aromatic nitrogens is 1.